The van der Waals surface area contributed by atoms with Crippen molar-refractivity contribution in [3.63, 3.8) is 0 Å². The van der Waals surface area contributed by atoms with Gasteiger partial charge in [-0.3, -0.25) is 0 Å². The van der Waals surface area contributed by atoms with Crippen molar-refractivity contribution in [3.8, 4) is 11.8 Å². The van der Waals surface area contributed by atoms with Crippen molar-refractivity contribution >= 4 is 0 Å². The minimum Gasteiger partial charge on any atom is -0.478 e. The molecule has 0 saturated heterocycles. The summed E-state index contributed by atoms with van der Waals surface area (Å²) in [5.74, 6) is 0.653. The fourth-order valence-electron chi connectivity index (χ4n) is 1.34. The molecule has 0 radical (unpaired) electrons. The van der Waals surface area contributed by atoms with Crippen LogP contribution in [0, 0.1) is 11.3 Å². The SMILES string of the molecule is N#CCOc1ccccc1CNCC(O)CO. The molecule has 1 aromatic rings. The third-order valence-corrected chi connectivity index (χ3v) is 2.17. The molecule has 5 heteroatoms. The number of benzene rings is 1. The van der Waals surface area contributed by atoms with E-state index in [9.17, 15) is 0 Å². The molecule has 0 aliphatic carbocycles. The summed E-state index contributed by atoms with van der Waals surface area (Å²) in [7, 11) is 0. The zero-order valence-corrected chi connectivity index (χ0v) is 9.47. The summed E-state index contributed by atoms with van der Waals surface area (Å²) in [6, 6.07) is 9.29. The number of para-hydroxylation sites is 1. The predicted octanol–water partition coefficient (Wildman–Crippen LogP) is 0.0318. The van der Waals surface area contributed by atoms with Crippen LogP contribution in [-0.2, 0) is 6.54 Å². The van der Waals surface area contributed by atoms with Crippen LogP contribution in [-0.4, -0.2) is 36.1 Å². The lowest BCUT2D eigenvalue weighted by Gasteiger charge is -2.11. The first kappa shape index (κ1) is 13.5. The maximum absolute atomic E-state index is 9.16. The summed E-state index contributed by atoms with van der Waals surface area (Å²) in [4.78, 5) is 0. The Kier molecular flexibility index (Phi) is 6.04. The minimum atomic E-state index is -0.762. The molecule has 0 aliphatic heterocycles. The van der Waals surface area contributed by atoms with Crippen molar-refractivity contribution in [3.05, 3.63) is 29.8 Å². The fraction of sp³-hybridized carbons (Fsp3) is 0.417. The first-order chi connectivity index (χ1) is 8.27. The number of nitrogens with one attached hydrogen (secondary N) is 1. The highest BCUT2D eigenvalue weighted by Crippen LogP contribution is 2.17. The van der Waals surface area contributed by atoms with Gasteiger partial charge in [-0.25, -0.2) is 0 Å². The van der Waals surface area contributed by atoms with E-state index in [0.717, 1.165) is 5.56 Å². The third-order valence-electron chi connectivity index (χ3n) is 2.17. The molecule has 0 aliphatic rings. The summed E-state index contributed by atoms with van der Waals surface area (Å²) >= 11 is 0. The van der Waals surface area contributed by atoms with Gasteiger partial charge in [-0.05, 0) is 6.07 Å². The Morgan fingerprint density at radius 2 is 2.18 bits per heavy atom. The lowest BCUT2D eigenvalue weighted by atomic mass is 10.2. The van der Waals surface area contributed by atoms with Crippen molar-refractivity contribution < 1.29 is 14.9 Å². The van der Waals surface area contributed by atoms with Crippen molar-refractivity contribution in [2.75, 3.05) is 19.8 Å². The summed E-state index contributed by atoms with van der Waals surface area (Å²) < 4.78 is 5.26. The molecule has 0 bridgehead atoms. The summed E-state index contributed by atoms with van der Waals surface area (Å²) in [5, 5.41) is 29.3. The van der Waals surface area contributed by atoms with E-state index in [2.05, 4.69) is 5.32 Å². The van der Waals surface area contributed by atoms with E-state index in [1.54, 1.807) is 6.07 Å². The van der Waals surface area contributed by atoms with Gasteiger partial charge in [0.2, 0.25) is 0 Å². The quantitative estimate of drug-likeness (QED) is 0.622. The molecule has 1 atom stereocenters. The summed E-state index contributed by atoms with van der Waals surface area (Å²) in [6.07, 6.45) is -0.762. The van der Waals surface area contributed by atoms with Crippen molar-refractivity contribution in [1.82, 2.24) is 5.32 Å². The van der Waals surface area contributed by atoms with E-state index >= 15 is 0 Å². The van der Waals surface area contributed by atoms with Gasteiger partial charge < -0.3 is 20.3 Å². The lowest BCUT2D eigenvalue weighted by Crippen LogP contribution is -2.29. The fourth-order valence-corrected chi connectivity index (χ4v) is 1.34. The molecule has 1 unspecified atom stereocenters. The first-order valence-electron chi connectivity index (χ1n) is 5.35. The highest BCUT2D eigenvalue weighted by molar-refractivity contribution is 5.33. The smallest absolute Gasteiger partial charge is 0.174 e. The van der Waals surface area contributed by atoms with Gasteiger partial charge in [-0.2, -0.15) is 5.26 Å². The molecule has 92 valence electrons. The largest absolute Gasteiger partial charge is 0.478 e. The van der Waals surface area contributed by atoms with E-state index in [4.69, 9.17) is 20.2 Å². The van der Waals surface area contributed by atoms with E-state index in [1.807, 2.05) is 24.3 Å². The Bertz CT molecular complexity index is 376. The Balaban J connectivity index is 2.49. The van der Waals surface area contributed by atoms with E-state index < -0.39 is 6.10 Å². The number of nitriles is 1. The maximum Gasteiger partial charge on any atom is 0.174 e. The molecular formula is C12H16N2O3. The maximum atomic E-state index is 9.16. The number of hydrogen-bond acceptors (Lipinski definition) is 5. The predicted molar refractivity (Wildman–Crippen MR) is 62.3 cm³/mol. The van der Waals surface area contributed by atoms with Gasteiger partial charge in [0.25, 0.3) is 0 Å². The molecule has 17 heavy (non-hydrogen) atoms. The van der Waals surface area contributed by atoms with Crippen LogP contribution in [0.4, 0.5) is 0 Å². The third kappa shape index (κ3) is 4.83. The van der Waals surface area contributed by atoms with Crippen LogP contribution in [0.3, 0.4) is 0 Å². The van der Waals surface area contributed by atoms with Crippen LogP contribution in [0.25, 0.3) is 0 Å². The monoisotopic (exact) mass is 236 g/mol. The zero-order valence-electron chi connectivity index (χ0n) is 9.47. The number of ether oxygens (including phenoxy) is 1. The standard InChI is InChI=1S/C12H16N2O3/c13-5-6-17-12-4-2-1-3-10(12)7-14-8-11(16)9-15/h1-4,11,14-16H,6-9H2. The number of aliphatic hydroxyl groups excluding tert-OH is 2. The Morgan fingerprint density at radius 3 is 2.88 bits per heavy atom. The number of aliphatic hydroxyl groups is 2. The lowest BCUT2D eigenvalue weighted by molar-refractivity contribution is 0.0941. The number of rotatable bonds is 7. The molecule has 3 N–H and O–H groups in total. The summed E-state index contributed by atoms with van der Waals surface area (Å²) in [5.41, 5.74) is 0.910. The molecule has 1 rings (SSSR count). The molecule has 0 saturated carbocycles. The van der Waals surface area contributed by atoms with E-state index in [1.165, 1.54) is 0 Å². The van der Waals surface area contributed by atoms with Crippen LogP contribution in [0.5, 0.6) is 5.75 Å². The Labute approximate surface area is 100 Å². The van der Waals surface area contributed by atoms with Gasteiger partial charge in [0.05, 0.1) is 12.7 Å². The van der Waals surface area contributed by atoms with Gasteiger partial charge in [-0.15, -0.1) is 0 Å². The number of hydrogen-bond donors (Lipinski definition) is 3. The van der Waals surface area contributed by atoms with E-state index in [0.29, 0.717) is 18.8 Å². The van der Waals surface area contributed by atoms with Gasteiger partial charge in [0, 0.05) is 18.7 Å². The second kappa shape index (κ2) is 7.63. The van der Waals surface area contributed by atoms with Gasteiger partial charge in [0.15, 0.2) is 6.61 Å². The van der Waals surface area contributed by atoms with Crippen molar-refractivity contribution in [1.29, 1.82) is 5.26 Å². The molecule has 1 aromatic carbocycles. The van der Waals surface area contributed by atoms with Gasteiger partial charge in [-0.1, -0.05) is 18.2 Å². The topological polar surface area (TPSA) is 85.5 Å². The molecular weight excluding hydrogens is 220 g/mol. The number of nitrogens with zero attached hydrogens (tertiary/aromatic N) is 1. The highest BCUT2D eigenvalue weighted by Gasteiger charge is 2.04. The van der Waals surface area contributed by atoms with Crippen molar-refractivity contribution in [2.24, 2.45) is 0 Å². The van der Waals surface area contributed by atoms with Crippen LogP contribution < -0.4 is 10.1 Å². The molecule has 0 spiro atoms. The second-order valence-corrected chi connectivity index (χ2v) is 3.52. The van der Waals surface area contributed by atoms with Gasteiger partial charge in [0.1, 0.15) is 11.8 Å². The highest BCUT2D eigenvalue weighted by atomic mass is 16.5. The van der Waals surface area contributed by atoms with Crippen LogP contribution in [0.15, 0.2) is 24.3 Å². The Morgan fingerprint density at radius 1 is 1.41 bits per heavy atom. The minimum absolute atomic E-state index is 0.0102. The molecule has 5 nitrogen and oxygen atoms in total. The van der Waals surface area contributed by atoms with Crippen LogP contribution >= 0.6 is 0 Å². The van der Waals surface area contributed by atoms with Crippen LogP contribution in [0.2, 0.25) is 0 Å². The van der Waals surface area contributed by atoms with Gasteiger partial charge >= 0.3 is 0 Å². The zero-order chi connectivity index (χ0) is 12.5. The normalized spacial score (nSPS) is 11.8. The molecule has 0 amide bonds. The van der Waals surface area contributed by atoms with Crippen molar-refractivity contribution in [2.45, 2.75) is 12.6 Å². The average molecular weight is 236 g/mol. The molecule has 0 aromatic heterocycles. The summed E-state index contributed by atoms with van der Waals surface area (Å²) in [6.45, 7) is 0.567. The average Bonchev–Trinajstić information content (AvgIpc) is 2.37. The Hall–Kier alpha value is -1.61. The molecule has 0 heterocycles. The second-order valence-electron chi connectivity index (χ2n) is 3.52. The molecule has 0 fully saturated rings. The first-order valence-corrected chi connectivity index (χ1v) is 5.35. The van der Waals surface area contributed by atoms with E-state index in [-0.39, 0.29) is 13.2 Å². The van der Waals surface area contributed by atoms with Crippen LogP contribution in [0.1, 0.15) is 5.56 Å².